The maximum absolute atomic E-state index is 13.4. The highest BCUT2D eigenvalue weighted by atomic mass is 19.1. The van der Waals surface area contributed by atoms with Gasteiger partial charge in [-0.15, -0.1) is 0 Å². The van der Waals surface area contributed by atoms with Gasteiger partial charge in [-0.2, -0.15) is 4.39 Å². The van der Waals surface area contributed by atoms with Crippen LogP contribution in [0, 0.1) is 21.8 Å². The number of nitro groups is 1. The summed E-state index contributed by atoms with van der Waals surface area (Å²) in [5.74, 6) is -2.60. The van der Waals surface area contributed by atoms with Gasteiger partial charge in [-0.1, -0.05) is 6.07 Å². The van der Waals surface area contributed by atoms with E-state index in [4.69, 9.17) is 10.8 Å². The third-order valence-corrected chi connectivity index (χ3v) is 2.80. The molecule has 1 rings (SSSR count). The number of nitrogens with two attached hydrogens (primary N) is 1. The molecular weight excluding hydrogens is 255 g/mol. The Hall–Kier alpha value is -2.02. The van der Waals surface area contributed by atoms with Crippen molar-refractivity contribution in [1.29, 1.82) is 0 Å². The average molecular weight is 270 g/mol. The number of aliphatic carboxylic acids is 1. The fourth-order valence-electron chi connectivity index (χ4n) is 1.79. The first-order chi connectivity index (χ1) is 8.95. The van der Waals surface area contributed by atoms with Crippen LogP contribution in [0.25, 0.3) is 0 Å². The Labute approximate surface area is 109 Å². The molecule has 0 fully saturated rings. The standard InChI is InChI=1S/C12H15FN2O4/c13-10-7-8(3-4-11(10)15(18)19)6-9(12(16)17)2-1-5-14/h3-4,7,9H,1-2,5-6,14H2,(H,16,17). The van der Waals surface area contributed by atoms with Crippen molar-refractivity contribution in [1.82, 2.24) is 0 Å². The van der Waals surface area contributed by atoms with Gasteiger partial charge in [0.25, 0.3) is 0 Å². The summed E-state index contributed by atoms with van der Waals surface area (Å²) in [6.45, 7) is 0.387. The molecule has 0 radical (unpaired) electrons. The lowest BCUT2D eigenvalue weighted by atomic mass is 9.94. The third-order valence-electron chi connectivity index (χ3n) is 2.80. The number of benzene rings is 1. The Morgan fingerprint density at radius 2 is 2.21 bits per heavy atom. The van der Waals surface area contributed by atoms with E-state index in [2.05, 4.69) is 0 Å². The fraction of sp³-hybridized carbons (Fsp3) is 0.417. The molecule has 0 aliphatic heterocycles. The fourth-order valence-corrected chi connectivity index (χ4v) is 1.79. The van der Waals surface area contributed by atoms with E-state index < -0.39 is 28.3 Å². The molecule has 1 atom stereocenters. The largest absolute Gasteiger partial charge is 0.481 e. The number of carboxylic acid groups (broad SMARTS) is 1. The lowest BCUT2D eigenvalue weighted by Crippen LogP contribution is -2.18. The summed E-state index contributed by atoms with van der Waals surface area (Å²) in [5.41, 5.74) is 5.13. The van der Waals surface area contributed by atoms with E-state index >= 15 is 0 Å². The molecule has 6 nitrogen and oxygen atoms in total. The molecule has 0 saturated heterocycles. The molecule has 3 N–H and O–H groups in total. The van der Waals surface area contributed by atoms with Gasteiger partial charge < -0.3 is 10.8 Å². The highest BCUT2D eigenvalue weighted by Crippen LogP contribution is 2.21. The topological polar surface area (TPSA) is 106 Å². The van der Waals surface area contributed by atoms with Crippen LogP contribution >= 0.6 is 0 Å². The number of nitro benzene ring substituents is 1. The van der Waals surface area contributed by atoms with Gasteiger partial charge in [0.15, 0.2) is 0 Å². The number of carboxylic acids is 1. The lowest BCUT2D eigenvalue weighted by molar-refractivity contribution is -0.387. The molecule has 1 aromatic rings. The minimum atomic E-state index is -0.979. The minimum absolute atomic E-state index is 0.129. The molecule has 0 aliphatic rings. The highest BCUT2D eigenvalue weighted by molar-refractivity contribution is 5.70. The van der Waals surface area contributed by atoms with Gasteiger partial charge in [0.2, 0.25) is 5.82 Å². The van der Waals surface area contributed by atoms with Gasteiger partial charge in [-0.25, -0.2) is 0 Å². The second-order valence-corrected chi connectivity index (χ2v) is 4.21. The summed E-state index contributed by atoms with van der Waals surface area (Å²) in [6, 6.07) is 3.43. The van der Waals surface area contributed by atoms with E-state index in [1.165, 1.54) is 6.07 Å². The van der Waals surface area contributed by atoms with E-state index in [0.29, 0.717) is 24.9 Å². The average Bonchev–Trinajstić information content (AvgIpc) is 2.33. The molecule has 1 aromatic carbocycles. The van der Waals surface area contributed by atoms with Crippen molar-refractivity contribution < 1.29 is 19.2 Å². The summed E-state index contributed by atoms with van der Waals surface area (Å²) >= 11 is 0. The highest BCUT2D eigenvalue weighted by Gasteiger charge is 2.20. The SMILES string of the molecule is NCCCC(Cc1ccc([N+](=O)[O-])c(F)c1)C(=O)O. The molecule has 7 heteroatoms. The monoisotopic (exact) mass is 270 g/mol. The van der Waals surface area contributed by atoms with Gasteiger partial charge in [0.05, 0.1) is 10.8 Å². The molecule has 1 unspecified atom stereocenters. The smallest absolute Gasteiger partial charge is 0.306 e. The zero-order valence-electron chi connectivity index (χ0n) is 10.2. The molecule has 0 bridgehead atoms. The van der Waals surface area contributed by atoms with Crippen molar-refractivity contribution in [2.24, 2.45) is 11.7 Å². The van der Waals surface area contributed by atoms with Crippen molar-refractivity contribution in [3.8, 4) is 0 Å². The van der Waals surface area contributed by atoms with Gasteiger partial charge in [-0.3, -0.25) is 14.9 Å². The molecule has 0 spiro atoms. The van der Waals surface area contributed by atoms with Gasteiger partial charge in [0, 0.05) is 6.07 Å². The van der Waals surface area contributed by atoms with Crippen LogP contribution in [-0.4, -0.2) is 22.5 Å². The first-order valence-corrected chi connectivity index (χ1v) is 5.81. The second kappa shape index (κ2) is 6.79. The molecule has 0 amide bonds. The Morgan fingerprint density at radius 1 is 1.53 bits per heavy atom. The molecule has 0 aliphatic carbocycles. The number of nitrogens with zero attached hydrogens (tertiary/aromatic N) is 1. The quantitative estimate of drug-likeness (QED) is 0.579. The van der Waals surface area contributed by atoms with Gasteiger partial charge in [-0.05, 0) is 37.4 Å². The first-order valence-electron chi connectivity index (χ1n) is 5.81. The Balaban J connectivity index is 2.82. The molecule has 19 heavy (non-hydrogen) atoms. The Bertz CT molecular complexity index is 479. The van der Waals surface area contributed by atoms with E-state index in [9.17, 15) is 19.3 Å². The molecule has 0 heterocycles. The lowest BCUT2D eigenvalue weighted by Gasteiger charge is -2.11. The van der Waals surface area contributed by atoms with Gasteiger partial charge in [0.1, 0.15) is 0 Å². The number of halogens is 1. The number of hydrogen-bond acceptors (Lipinski definition) is 4. The summed E-state index contributed by atoms with van der Waals surface area (Å²) in [7, 11) is 0. The molecule has 104 valence electrons. The number of carbonyl (C=O) groups is 1. The summed E-state index contributed by atoms with van der Waals surface area (Å²) < 4.78 is 13.4. The van der Waals surface area contributed by atoms with Crippen molar-refractivity contribution in [2.45, 2.75) is 19.3 Å². The predicted molar refractivity (Wildman–Crippen MR) is 66.2 cm³/mol. The van der Waals surface area contributed by atoms with E-state index in [-0.39, 0.29) is 6.42 Å². The van der Waals surface area contributed by atoms with Gasteiger partial charge >= 0.3 is 11.7 Å². The zero-order chi connectivity index (χ0) is 14.4. The van der Waals surface area contributed by atoms with Crippen LogP contribution in [0.2, 0.25) is 0 Å². The van der Waals surface area contributed by atoms with E-state index in [0.717, 1.165) is 12.1 Å². The minimum Gasteiger partial charge on any atom is -0.481 e. The van der Waals surface area contributed by atoms with Crippen LogP contribution in [0.4, 0.5) is 10.1 Å². The third kappa shape index (κ3) is 4.29. The number of hydrogen-bond donors (Lipinski definition) is 2. The predicted octanol–water partition coefficient (Wildman–Crippen LogP) is 1.72. The summed E-state index contributed by atoms with van der Waals surface area (Å²) in [5, 5.41) is 19.5. The Morgan fingerprint density at radius 3 is 2.68 bits per heavy atom. The first kappa shape index (κ1) is 15.0. The summed E-state index contributed by atoms with van der Waals surface area (Å²) in [6.07, 6.45) is 1.08. The van der Waals surface area contributed by atoms with Crippen LogP contribution in [-0.2, 0) is 11.2 Å². The molecule has 0 saturated carbocycles. The summed E-state index contributed by atoms with van der Waals surface area (Å²) in [4.78, 5) is 20.7. The van der Waals surface area contributed by atoms with Crippen molar-refractivity contribution in [3.63, 3.8) is 0 Å². The molecular formula is C12H15FN2O4. The Kier molecular flexibility index (Phi) is 5.37. The molecule has 0 aromatic heterocycles. The second-order valence-electron chi connectivity index (χ2n) is 4.21. The van der Waals surface area contributed by atoms with Crippen LogP contribution < -0.4 is 5.73 Å². The van der Waals surface area contributed by atoms with Crippen LogP contribution in [0.5, 0.6) is 0 Å². The van der Waals surface area contributed by atoms with E-state index in [1.807, 2.05) is 0 Å². The maximum atomic E-state index is 13.4. The van der Waals surface area contributed by atoms with E-state index in [1.54, 1.807) is 0 Å². The normalized spacial score (nSPS) is 12.1. The van der Waals surface area contributed by atoms with Crippen molar-refractivity contribution in [3.05, 3.63) is 39.7 Å². The van der Waals surface area contributed by atoms with Crippen LogP contribution in [0.1, 0.15) is 18.4 Å². The maximum Gasteiger partial charge on any atom is 0.306 e. The number of rotatable bonds is 7. The zero-order valence-corrected chi connectivity index (χ0v) is 10.2. The van der Waals surface area contributed by atoms with Crippen molar-refractivity contribution in [2.75, 3.05) is 6.54 Å². The van der Waals surface area contributed by atoms with Crippen molar-refractivity contribution >= 4 is 11.7 Å². The van der Waals surface area contributed by atoms with Crippen LogP contribution in [0.3, 0.4) is 0 Å². The van der Waals surface area contributed by atoms with Crippen LogP contribution in [0.15, 0.2) is 18.2 Å².